The Morgan fingerprint density at radius 3 is 2.45 bits per heavy atom. The van der Waals surface area contributed by atoms with Gasteiger partial charge in [0.15, 0.2) is 0 Å². The van der Waals surface area contributed by atoms with E-state index in [4.69, 9.17) is 16.3 Å². The first-order valence-corrected chi connectivity index (χ1v) is 7.67. The average molecular weight is 321 g/mol. The maximum atomic E-state index is 12.2. The van der Waals surface area contributed by atoms with Crippen molar-refractivity contribution in [3.63, 3.8) is 0 Å². The van der Waals surface area contributed by atoms with Crippen molar-refractivity contribution in [2.75, 3.05) is 6.61 Å². The molecule has 5 nitrogen and oxygen atoms in total. The molecule has 6 heteroatoms. The molecule has 1 aromatic heterocycles. The maximum Gasteiger partial charge on any atom is 0.316 e. The molecule has 0 radical (unpaired) electrons. The summed E-state index contributed by atoms with van der Waals surface area (Å²) in [6.45, 7) is 1.52. The highest BCUT2D eigenvalue weighted by Gasteiger charge is 2.17. The maximum absolute atomic E-state index is 12.2. The molecule has 116 valence electrons. The van der Waals surface area contributed by atoms with Crippen LogP contribution in [0.5, 0.6) is 0 Å². The Bertz CT molecular complexity index is 758. The summed E-state index contributed by atoms with van der Waals surface area (Å²) in [5, 5.41) is 0.642. The van der Waals surface area contributed by atoms with Gasteiger partial charge in [-0.15, -0.1) is 0 Å². The van der Waals surface area contributed by atoms with Gasteiger partial charge < -0.3 is 13.9 Å². The molecule has 1 aliphatic heterocycles. The molecule has 1 saturated heterocycles. The molecular weight excluding hydrogens is 304 g/mol. The second kappa shape index (κ2) is 6.50. The number of ether oxygens (including phenoxy) is 1. The molecule has 0 aliphatic carbocycles. The van der Waals surface area contributed by atoms with Crippen LogP contribution in [0.15, 0.2) is 46.2 Å². The largest absolute Gasteiger partial charge is 0.376 e. The molecule has 0 saturated carbocycles. The van der Waals surface area contributed by atoms with Crippen molar-refractivity contribution in [2.24, 2.45) is 0 Å². The second-order valence-electron chi connectivity index (χ2n) is 5.45. The van der Waals surface area contributed by atoms with Crippen LogP contribution < -0.4 is 11.1 Å². The summed E-state index contributed by atoms with van der Waals surface area (Å²) >= 11 is 5.84. The summed E-state index contributed by atoms with van der Waals surface area (Å²) in [6.07, 6.45) is 5.27. The fraction of sp³-hybridized carbons (Fsp3) is 0.375. The molecule has 22 heavy (non-hydrogen) atoms. The Labute approximate surface area is 132 Å². The molecule has 3 rings (SSSR count). The van der Waals surface area contributed by atoms with Gasteiger partial charge >= 0.3 is 11.1 Å². The van der Waals surface area contributed by atoms with E-state index < -0.39 is 11.1 Å². The lowest BCUT2D eigenvalue weighted by atomic mass is 10.2. The standard InChI is InChI=1S/C16H17ClN2O3/c17-13-5-3-12(4-6-13)10-18-7-8-19(16(21)15(18)20)11-14-2-1-9-22-14/h3-8,14H,1-2,9-11H2. The van der Waals surface area contributed by atoms with E-state index in [0.717, 1.165) is 25.0 Å². The number of nitrogens with zero attached hydrogens (tertiary/aromatic N) is 2. The molecule has 1 unspecified atom stereocenters. The van der Waals surface area contributed by atoms with Crippen molar-refractivity contribution in [1.82, 2.24) is 9.13 Å². The highest BCUT2D eigenvalue weighted by Crippen LogP contribution is 2.13. The third kappa shape index (κ3) is 3.31. The van der Waals surface area contributed by atoms with Crippen LogP contribution in [0.2, 0.25) is 5.02 Å². The first-order chi connectivity index (χ1) is 10.6. The monoisotopic (exact) mass is 320 g/mol. The predicted molar refractivity (Wildman–Crippen MR) is 84.5 cm³/mol. The second-order valence-corrected chi connectivity index (χ2v) is 5.89. The van der Waals surface area contributed by atoms with E-state index >= 15 is 0 Å². The van der Waals surface area contributed by atoms with Crippen molar-refractivity contribution in [3.05, 3.63) is 68.0 Å². The molecule has 2 heterocycles. The minimum absolute atomic E-state index is 0.0317. The van der Waals surface area contributed by atoms with E-state index in [0.29, 0.717) is 18.1 Å². The zero-order valence-electron chi connectivity index (χ0n) is 12.1. The van der Waals surface area contributed by atoms with Crippen LogP contribution in [0.3, 0.4) is 0 Å². The lowest BCUT2D eigenvalue weighted by molar-refractivity contribution is 0.0959. The molecule has 0 amide bonds. The van der Waals surface area contributed by atoms with E-state index in [2.05, 4.69) is 0 Å². The third-order valence-electron chi connectivity index (χ3n) is 3.82. The van der Waals surface area contributed by atoms with E-state index in [9.17, 15) is 9.59 Å². The van der Waals surface area contributed by atoms with Gasteiger partial charge in [0.25, 0.3) is 0 Å². The van der Waals surface area contributed by atoms with E-state index in [-0.39, 0.29) is 6.10 Å². The summed E-state index contributed by atoms with van der Waals surface area (Å²) < 4.78 is 8.36. The van der Waals surface area contributed by atoms with E-state index in [1.54, 1.807) is 24.5 Å². The Hall–Kier alpha value is -1.85. The van der Waals surface area contributed by atoms with Gasteiger partial charge in [-0.05, 0) is 30.5 Å². The van der Waals surface area contributed by atoms with Crippen molar-refractivity contribution in [2.45, 2.75) is 32.0 Å². The Balaban J connectivity index is 1.81. The summed E-state index contributed by atoms with van der Waals surface area (Å²) in [6, 6.07) is 7.21. The highest BCUT2D eigenvalue weighted by molar-refractivity contribution is 6.30. The quantitative estimate of drug-likeness (QED) is 0.808. The normalized spacial score (nSPS) is 17.8. The first kappa shape index (κ1) is 15.1. The predicted octanol–water partition coefficient (Wildman–Crippen LogP) is 1.89. The third-order valence-corrected chi connectivity index (χ3v) is 4.07. The zero-order valence-corrected chi connectivity index (χ0v) is 12.8. The van der Waals surface area contributed by atoms with Gasteiger partial charge in [-0.3, -0.25) is 9.59 Å². The fourth-order valence-corrected chi connectivity index (χ4v) is 2.73. The molecule has 0 bridgehead atoms. The summed E-state index contributed by atoms with van der Waals surface area (Å²) in [4.78, 5) is 24.4. The van der Waals surface area contributed by atoms with Gasteiger partial charge in [0.1, 0.15) is 0 Å². The van der Waals surface area contributed by atoms with Gasteiger partial charge in [0.2, 0.25) is 0 Å². The topological polar surface area (TPSA) is 53.2 Å². The smallest absolute Gasteiger partial charge is 0.316 e. The van der Waals surface area contributed by atoms with Gasteiger partial charge in [-0.1, -0.05) is 23.7 Å². The summed E-state index contributed by atoms with van der Waals surface area (Å²) in [5.74, 6) is 0. The first-order valence-electron chi connectivity index (χ1n) is 7.29. The van der Waals surface area contributed by atoms with Crippen LogP contribution in [-0.2, 0) is 17.8 Å². The lowest BCUT2D eigenvalue weighted by Crippen LogP contribution is -2.42. The minimum atomic E-state index is -0.518. The Morgan fingerprint density at radius 1 is 1.09 bits per heavy atom. The van der Waals surface area contributed by atoms with E-state index in [1.807, 2.05) is 12.1 Å². The molecule has 1 fully saturated rings. The number of aromatic nitrogens is 2. The zero-order chi connectivity index (χ0) is 15.5. The Kier molecular flexibility index (Phi) is 4.45. The van der Waals surface area contributed by atoms with Crippen molar-refractivity contribution < 1.29 is 4.74 Å². The fourth-order valence-electron chi connectivity index (χ4n) is 2.60. The minimum Gasteiger partial charge on any atom is -0.376 e. The molecule has 0 N–H and O–H groups in total. The van der Waals surface area contributed by atoms with Crippen LogP contribution >= 0.6 is 11.6 Å². The van der Waals surface area contributed by atoms with E-state index in [1.165, 1.54) is 9.13 Å². The van der Waals surface area contributed by atoms with Crippen molar-refractivity contribution in [3.8, 4) is 0 Å². The van der Waals surface area contributed by atoms with Crippen LogP contribution in [0, 0.1) is 0 Å². The van der Waals surface area contributed by atoms with Gasteiger partial charge in [0.05, 0.1) is 19.2 Å². The molecule has 0 spiro atoms. The number of rotatable bonds is 4. The highest BCUT2D eigenvalue weighted by atomic mass is 35.5. The molecular formula is C16H17ClN2O3. The number of hydrogen-bond acceptors (Lipinski definition) is 3. The summed E-state index contributed by atoms with van der Waals surface area (Å²) in [7, 11) is 0. The molecule has 1 aliphatic rings. The number of benzene rings is 1. The van der Waals surface area contributed by atoms with Crippen LogP contribution in [-0.4, -0.2) is 21.8 Å². The lowest BCUT2D eigenvalue weighted by Gasteiger charge is -2.12. The van der Waals surface area contributed by atoms with Gasteiger partial charge in [-0.25, -0.2) is 0 Å². The SMILES string of the molecule is O=c1c(=O)n(CC2CCCO2)ccn1Cc1ccc(Cl)cc1. The van der Waals surface area contributed by atoms with Crippen molar-refractivity contribution >= 4 is 11.6 Å². The summed E-state index contributed by atoms with van der Waals surface area (Å²) in [5.41, 5.74) is -0.106. The van der Waals surface area contributed by atoms with Crippen LogP contribution in [0.4, 0.5) is 0 Å². The Morgan fingerprint density at radius 2 is 1.77 bits per heavy atom. The van der Waals surface area contributed by atoms with Crippen LogP contribution in [0.25, 0.3) is 0 Å². The van der Waals surface area contributed by atoms with Gasteiger partial charge in [0, 0.05) is 24.0 Å². The van der Waals surface area contributed by atoms with Gasteiger partial charge in [-0.2, -0.15) is 0 Å². The molecule has 2 aromatic rings. The molecule has 1 atom stereocenters. The number of hydrogen-bond donors (Lipinski definition) is 0. The molecule has 1 aromatic carbocycles. The van der Waals surface area contributed by atoms with Crippen LogP contribution in [0.1, 0.15) is 18.4 Å². The number of halogens is 1. The van der Waals surface area contributed by atoms with Crippen molar-refractivity contribution in [1.29, 1.82) is 0 Å². The average Bonchev–Trinajstić information content (AvgIpc) is 3.02.